The highest BCUT2D eigenvalue weighted by Crippen LogP contribution is 2.15. The van der Waals surface area contributed by atoms with Gasteiger partial charge < -0.3 is 9.64 Å². The topological polar surface area (TPSA) is 38.2 Å². The predicted molar refractivity (Wildman–Crippen MR) is 53.2 cm³/mol. The van der Waals surface area contributed by atoms with E-state index in [9.17, 15) is 0 Å². The maximum atomic E-state index is 5.75. The lowest BCUT2D eigenvalue weighted by Crippen LogP contribution is -2.35. The van der Waals surface area contributed by atoms with E-state index in [0.29, 0.717) is 6.10 Å². The lowest BCUT2D eigenvalue weighted by molar-refractivity contribution is 0.113. The smallest absolute Gasteiger partial charge is 0.156 e. The molecule has 1 saturated heterocycles. The Morgan fingerprint density at radius 1 is 1.29 bits per heavy atom. The molecular formula is C10H15N3O. The van der Waals surface area contributed by atoms with Gasteiger partial charge in [0.25, 0.3) is 0 Å². The molecule has 0 amide bonds. The van der Waals surface area contributed by atoms with Gasteiger partial charge in [0.1, 0.15) is 12.4 Å². The highest BCUT2D eigenvalue weighted by Gasteiger charge is 2.17. The number of hydrogen-bond donors (Lipinski definition) is 0. The second-order valence-electron chi connectivity index (χ2n) is 3.69. The van der Waals surface area contributed by atoms with E-state index in [-0.39, 0.29) is 0 Å². The summed E-state index contributed by atoms with van der Waals surface area (Å²) in [6.45, 7) is 2.22. The molecule has 0 N–H and O–H groups in total. The standard InChI is InChI=1S/C10H15N3O/c1-13-4-2-9(3-5-13)14-10-6-11-8-12-7-10/h6-9H,2-5H2,1H3. The summed E-state index contributed by atoms with van der Waals surface area (Å²) in [4.78, 5) is 10.2. The summed E-state index contributed by atoms with van der Waals surface area (Å²) in [6, 6.07) is 0. The number of ether oxygens (including phenoxy) is 1. The van der Waals surface area contributed by atoms with E-state index in [2.05, 4.69) is 21.9 Å². The maximum absolute atomic E-state index is 5.75. The van der Waals surface area contributed by atoms with Crippen LogP contribution in [0.4, 0.5) is 0 Å². The summed E-state index contributed by atoms with van der Waals surface area (Å²) in [7, 11) is 2.14. The Labute approximate surface area is 83.9 Å². The molecule has 1 aromatic rings. The van der Waals surface area contributed by atoms with Crippen LogP contribution in [0.5, 0.6) is 5.75 Å². The molecule has 4 heteroatoms. The molecule has 1 aromatic heterocycles. The van der Waals surface area contributed by atoms with Crippen molar-refractivity contribution >= 4 is 0 Å². The van der Waals surface area contributed by atoms with E-state index < -0.39 is 0 Å². The average molecular weight is 193 g/mol. The highest BCUT2D eigenvalue weighted by molar-refractivity contribution is 5.10. The molecule has 14 heavy (non-hydrogen) atoms. The molecule has 1 fully saturated rings. The summed E-state index contributed by atoms with van der Waals surface area (Å²) in [6.07, 6.45) is 7.45. The van der Waals surface area contributed by atoms with Crippen molar-refractivity contribution in [2.24, 2.45) is 0 Å². The van der Waals surface area contributed by atoms with E-state index >= 15 is 0 Å². The molecule has 0 unspecified atom stereocenters. The monoisotopic (exact) mass is 193 g/mol. The summed E-state index contributed by atoms with van der Waals surface area (Å²) in [5.41, 5.74) is 0. The zero-order chi connectivity index (χ0) is 9.80. The molecule has 0 bridgehead atoms. The number of hydrogen-bond acceptors (Lipinski definition) is 4. The molecule has 0 aromatic carbocycles. The van der Waals surface area contributed by atoms with Gasteiger partial charge in [-0.05, 0) is 19.9 Å². The van der Waals surface area contributed by atoms with Crippen molar-refractivity contribution in [1.82, 2.24) is 14.9 Å². The van der Waals surface area contributed by atoms with Crippen molar-refractivity contribution < 1.29 is 4.74 Å². The first-order valence-corrected chi connectivity index (χ1v) is 4.95. The van der Waals surface area contributed by atoms with E-state index in [0.717, 1.165) is 31.7 Å². The van der Waals surface area contributed by atoms with Crippen LogP contribution in [-0.2, 0) is 0 Å². The molecule has 0 radical (unpaired) electrons. The van der Waals surface area contributed by atoms with Crippen LogP contribution in [-0.4, -0.2) is 41.1 Å². The summed E-state index contributed by atoms with van der Waals surface area (Å²) in [5, 5.41) is 0. The first kappa shape index (κ1) is 9.40. The van der Waals surface area contributed by atoms with E-state index in [1.165, 1.54) is 6.33 Å². The Bertz CT molecular complexity index is 270. The van der Waals surface area contributed by atoms with Crippen molar-refractivity contribution in [3.05, 3.63) is 18.7 Å². The van der Waals surface area contributed by atoms with Crippen LogP contribution in [0.25, 0.3) is 0 Å². The third-order valence-electron chi connectivity index (χ3n) is 2.51. The highest BCUT2D eigenvalue weighted by atomic mass is 16.5. The zero-order valence-corrected chi connectivity index (χ0v) is 8.39. The Kier molecular flexibility index (Phi) is 2.93. The third kappa shape index (κ3) is 2.42. The van der Waals surface area contributed by atoms with Gasteiger partial charge in [0.05, 0.1) is 12.4 Å². The predicted octanol–water partition coefficient (Wildman–Crippen LogP) is 0.950. The lowest BCUT2D eigenvalue weighted by Gasteiger charge is -2.29. The van der Waals surface area contributed by atoms with Gasteiger partial charge in [-0.3, -0.25) is 0 Å². The van der Waals surface area contributed by atoms with Crippen molar-refractivity contribution in [3.63, 3.8) is 0 Å². The quantitative estimate of drug-likeness (QED) is 0.701. The van der Waals surface area contributed by atoms with Crippen molar-refractivity contribution in [1.29, 1.82) is 0 Å². The van der Waals surface area contributed by atoms with Crippen molar-refractivity contribution in [2.45, 2.75) is 18.9 Å². The molecule has 0 saturated carbocycles. The number of likely N-dealkylation sites (tertiary alicyclic amines) is 1. The normalized spacial score (nSPS) is 19.5. The van der Waals surface area contributed by atoms with Crippen LogP contribution in [0.15, 0.2) is 18.7 Å². The Hall–Kier alpha value is -1.16. The van der Waals surface area contributed by atoms with Gasteiger partial charge >= 0.3 is 0 Å². The average Bonchev–Trinajstić information content (AvgIpc) is 2.23. The number of rotatable bonds is 2. The second kappa shape index (κ2) is 4.37. The molecule has 0 aliphatic carbocycles. The van der Waals surface area contributed by atoms with Crippen LogP contribution in [0.2, 0.25) is 0 Å². The molecule has 1 aliphatic rings. The second-order valence-corrected chi connectivity index (χ2v) is 3.69. The molecular weight excluding hydrogens is 178 g/mol. The minimum Gasteiger partial charge on any atom is -0.487 e. The number of piperidine rings is 1. The third-order valence-corrected chi connectivity index (χ3v) is 2.51. The van der Waals surface area contributed by atoms with E-state index in [1.54, 1.807) is 12.4 Å². The van der Waals surface area contributed by atoms with Gasteiger partial charge in [0.2, 0.25) is 0 Å². The van der Waals surface area contributed by atoms with Gasteiger partial charge in [-0.25, -0.2) is 9.97 Å². The Balaban J connectivity index is 1.87. The van der Waals surface area contributed by atoms with Crippen molar-refractivity contribution in [2.75, 3.05) is 20.1 Å². The van der Waals surface area contributed by atoms with E-state index in [4.69, 9.17) is 4.74 Å². The summed E-state index contributed by atoms with van der Waals surface area (Å²) < 4.78 is 5.75. The fourth-order valence-electron chi connectivity index (χ4n) is 1.64. The molecule has 1 aliphatic heterocycles. The number of nitrogens with zero attached hydrogens (tertiary/aromatic N) is 3. The van der Waals surface area contributed by atoms with Crippen LogP contribution < -0.4 is 4.74 Å². The SMILES string of the molecule is CN1CCC(Oc2cncnc2)CC1. The first-order valence-electron chi connectivity index (χ1n) is 4.95. The number of aromatic nitrogens is 2. The molecule has 2 rings (SSSR count). The fraction of sp³-hybridized carbons (Fsp3) is 0.600. The molecule has 2 heterocycles. The minimum absolute atomic E-state index is 0.331. The van der Waals surface area contributed by atoms with Gasteiger partial charge in [-0.1, -0.05) is 0 Å². The van der Waals surface area contributed by atoms with Crippen LogP contribution in [0, 0.1) is 0 Å². The molecule has 4 nitrogen and oxygen atoms in total. The Morgan fingerprint density at radius 2 is 1.93 bits per heavy atom. The largest absolute Gasteiger partial charge is 0.487 e. The van der Waals surface area contributed by atoms with Crippen LogP contribution in [0.1, 0.15) is 12.8 Å². The Morgan fingerprint density at radius 3 is 2.57 bits per heavy atom. The van der Waals surface area contributed by atoms with E-state index in [1.807, 2.05) is 0 Å². The molecule has 76 valence electrons. The van der Waals surface area contributed by atoms with Crippen LogP contribution >= 0.6 is 0 Å². The summed E-state index contributed by atoms with van der Waals surface area (Å²) >= 11 is 0. The maximum Gasteiger partial charge on any atom is 0.156 e. The van der Waals surface area contributed by atoms with Gasteiger partial charge in [-0.15, -0.1) is 0 Å². The minimum atomic E-state index is 0.331. The van der Waals surface area contributed by atoms with Gasteiger partial charge in [0, 0.05) is 13.1 Å². The summed E-state index contributed by atoms with van der Waals surface area (Å²) in [5.74, 6) is 0.780. The van der Waals surface area contributed by atoms with Crippen LogP contribution in [0.3, 0.4) is 0 Å². The van der Waals surface area contributed by atoms with Gasteiger partial charge in [0.15, 0.2) is 5.75 Å². The first-order chi connectivity index (χ1) is 6.84. The van der Waals surface area contributed by atoms with Gasteiger partial charge in [-0.2, -0.15) is 0 Å². The molecule has 0 atom stereocenters. The van der Waals surface area contributed by atoms with Crippen molar-refractivity contribution in [3.8, 4) is 5.75 Å². The fourth-order valence-corrected chi connectivity index (χ4v) is 1.64. The lowest BCUT2D eigenvalue weighted by atomic mass is 10.1. The zero-order valence-electron chi connectivity index (χ0n) is 8.39. The molecule has 0 spiro atoms.